The molecule has 2 atom stereocenters. The van der Waals surface area contributed by atoms with Crippen molar-refractivity contribution >= 4 is 38.6 Å². The zero-order chi connectivity index (χ0) is 29.0. The molecule has 2 aromatic carbocycles. The molecule has 0 aliphatic carbocycles. The Bertz CT molecular complexity index is 1380. The van der Waals surface area contributed by atoms with Gasteiger partial charge in [-0.05, 0) is 37.5 Å². The number of nitrogens with one attached hydrogen (secondary N) is 2. The fourth-order valence-electron chi connectivity index (χ4n) is 4.34. The SMILES string of the molecule is COC(=O)[C@H](Cc1ccc(C2=CC(=O)N(C(C)(C)C)S2(=O)=O)cc1)NC(=O)[C@H](Cc1ccccc1)NC(C)=O. The van der Waals surface area contributed by atoms with Gasteiger partial charge in [0.15, 0.2) is 0 Å². The molecule has 2 N–H and O–H groups in total. The van der Waals surface area contributed by atoms with Crippen molar-refractivity contribution in [2.24, 2.45) is 0 Å². The van der Waals surface area contributed by atoms with Crippen LogP contribution in [-0.4, -0.2) is 61.1 Å². The molecular weight excluding hydrogens is 522 g/mol. The van der Waals surface area contributed by atoms with Crippen LogP contribution < -0.4 is 10.6 Å². The summed E-state index contributed by atoms with van der Waals surface area (Å²) in [6.07, 6.45) is 1.38. The van der Waals surface area contributed by atoms with Crippen LogP contribution in [0.4, 0.5) is 0 Å². The number of hydrogen-bond acceptors (Lipinski definition) is 7. The molecule has 0 aromatic heterocycles. The fourth-order valence-corrected chi connectivity index (χ4v) is 6.23. The summed E-state index contributed by atoms with van der Waals surface area (Å²) in [7, 11) is -2.82. The highest BCUT2D eigenvalue weighted by atomic mass is 32.2. The lowest BCUT2D eigenvalue weighted by atomic mass is 10.0. The van der Waals surface area contributed by atoms with Gasteiger partial charge >= 0.3 is 5.97 Å². The molecule has 0 saturated carbocycles. The Balaban J connectivity index is 1.78. The van der Waals surface area contributed by atoms with Crippen molar-refractivity contribution in [2.45, 2.75) is 58.2 Å². The van der Waals surface area contributed by atoms with E-state index in [2.05, 4.69) is 10.6 Å². The maximum absolute atomic E-state index is 13.1. The van der Waals surface area contributed by atoms with Gasteiger partial charge in [0.25, 0.3) is 15.9 Å². The summed E-state index contributed by atoms with van der Waals surface area (Å²) >= 11 is 0. The van der Waals surface area contributed by atoms with Crippen LogP contribution in [0, 0.1) is 0 Å². The predicted octanol–water partition coefficient (Wildman–Crippen LogP) is 1.95. The van der Waals surface area contributed by atoms with Gasteiger partial charge in [-0.1, -0.05) is 54.6 Å². The van der Waals surface area contributed by atoms with E-state index in [9.17, 15) is 27.6 Å². The monoisotopic (exact) mass is 555 g/mol. The molecule has 1 aliphatic rings. The van der Waals surface area contributed by atoms with Gasteiger partial charge in [-0.3, -0.25) is 14.4 Å². The van der Waals surface area contributed by atoms with Gasteiger partial charge in [-0.2, -0.15) is 0 Å². The van der Waals surface area contributed by atoms with E-state index in [1.54, 1.807) is 45.0 Å². The molecule has 3 rings (SSSR count). The third kappa shape index (κ3) is 7.11. The largest absolute Gasteiger partial charge is 0.467 e. The van der Waals surface area contributed by atoms with E-state index in [4.69, 9.17) is 4.74 Å². The smallest absolute Gasteiger partial charge is 0.328 e. The van der Waals surface area contributed by atoms with E-state index in [-0.39, 0.29) is 17.7 Å². The Morgan fingerprint density at radius 1 is 0.897 bits per heavy atom. The molecule has 0 bridgehead atoms. The molecule has 1 heterocycles. The number of methoxy groups -OCH3 is 1. The third-order valence-corrected chi connectivity index (χ3v) is 8.16. The average molecular weight is 556 g/mol. The number of esters is 1. The lowest BCUT2D eigenvalue weighted by Crippen LogP contribution is -2.53. The Morgan fingerprint density at radius 2 is 1.46 bits per heavy atom. The molecular formula is C28H33N3O7S. The van der Waals surface area contributed by atoms with Crippen molar-refractivity contribution < 1.29 is 32.3 Å². The van der Waals surface area contributed by atoms with Gasteiger partial charge in [-0.15, -0.1) is 0 Å². The zero-order valence-electron chi connectivity index (χ0n) is 22.6. The molecule has 3 amide bonds. The highest BCUT2D eigenvalue weighted by molar-refractivity contribution is 7.99. The van der Waals surface area contributed by atoms with E-state index in [0.29, 0.717) is 11.1 Å². The van der Waals surface area contributed by atoms with Crippen LogP contribution >= 0.6 is 0 Å². The number of ether oxygens (including phenoxy) is 1. The first-order valence-corrected chi connectivity index (χ1v) is 13.8. The number of hydrogen-bond donors (Lipinski definition) is 2. The van der Waals surface area contributed by atoms with Crippen LogP contribution in [0.3, 0.4) is 0 Å². The average Bonchev–Trinajstić information content (AvgIpc) is 3.11. The lowest BCUT2D eigenvalue weighted by Gasteiger charge is -2.30. The number of carbonyl (C=O) groups excluding carboxylic acids is 4. The summed E-state index contributed by atoms with van der Waals surface area (Å²) in [5.74, 6) is -2.24. The summed E-state index contributed by atoms with van der Waals surface area (Å²) < 4.78 is 31.8. The first-order chi connectivity index (χ1) is 18.2. The molecule has 0 saturated heterocycles. The Kier molecular flexibility index (Phi) is 8.96. The molecule has 39 heavy (non-hydrogen) atoms. The maximum Gasteiger partial charge on any atom is 0.328 e. The van der Waals surface area contributed by atoms with Crippen molar-refractivity contribution in [1.29, 1.82) is 0 Å². The van der Waals surface area contributed by atoms with Crippen molar-refractivity contribution in [3.05, 3.63) is 77.4 Å². The summed E-state index contributed by atoms with van der Waals surface area (Å²) in [5.41, 5.74) is 0.848. The quantitative estimate of drug-likeness (QED) is 0.451. The van der Waals surface area contributed by atoms with Crippen LogP contribution in [0.5, 0.6) is 0 Å². The van der Waals surface area contributed by atoms with Crippen LogP contribution in [-0.2, 0) is 46.8 Å². The van der Waals surface area contributed by atoms with E-state index in [1.807, 2.05) is 30.3 Å². The summed E-state index contributed by atoms with van der Waals surface area (Å²) in [6.45, 7) is 6.22. The Morgan fingerprint density at radius 3 is 1.97 bits per heavy atom. The van der Waals surface area contributed by atoms with Crippen molar-refractivity contribution in [3.63, 3.8) is 0 Å². The Labute approximate surface area is 228 Å². The van der Waals surface area contributed by atoms with Crippen molar-refractivity contribution in [1.82, 2.24) is 14.9 Å². The molecule has 208 valence electrons. The van der Waals surface area contributed by atoms with E-state index >= 15 is 0 Å². The first-order valence-electron chi connectivity index (χ1n) is 12.3. The van der Waals surface area contributed by atoms with Gasteiger partial charge in [-0.25, -0.2) is 17.5 Å². The van der Waals surface area contributed by atoms with Gasteiger partial charge in [0.1, 0.15) is 17.0 Å². The minimum absolute atomic E-state index is 0.0513. The van der Waals surface area contributed by atoms with E-state index in [0.717, 1.165) is 15.9 Å². The highest BCUT2D eigenvalue weighted by Gasteiger charge is 2.44. The first kappa shape index (κ1) is 29.6. The number of amides is 3. The second-order valence-electron chi connectivity index (χ2n) is 10.2. The molecule has 2 aromatic rings. The lowest BCUT2D eigenvalue weighted by molar-refractivity contribution is -0.145. The Hall–Kier alpha value is -3.99. The molecule has 0 spiro atoms. The van der Waals surface area contributed by atoms with E-state index < -0.39 is 51.3 Å². The number of benzene rings is 2. The zero-order valence-corrected chi connectivity index (χ0v) is 23.4. The van der Waals surface area contributed by atoms with Crippen LogP contribution in [0.15, 0.2) is 60.7 Å². The summed E-state index contributed by atoms with van der Waals surface area (Å²) in [4.78, 5) is 49.7. The molecule has 0 unspecified atom stereocenters. The van der Waals surface area contributed by atoms with Gasteiger partial charge in [0.2, 0.25) is 11.8 Å². The predicted molar refractivity (Wildman–Crippen MR) is 145 cm³/mol. The fraction of sp³-hybridized carbons (Fsp3) is 0.357. The number of sulfonamides is 1. The normalized spacial score (nSPS) is 16.2. The minimum Gasteiger partial charge on any atom is -0.467 e. The van der Waals surface area contributed by atoms with Crippen molar-refractivity contribution in [3.8, 4) is 0 Å². The van der Waals surface area contributed by atoms with Crippen LogP contribution in [0.2, 0.25) is 0 Å². The summed E-state index contributed by atoms with van der Waals surface area (Å²) in [6, 6.07) is 13.5. The minimum atomic E-state index is -4.02. The van der Waals surface area contributed by atoms with Crippen LogP contribution in [0.25, 0.3) is 4.91 Å². The number of carbonyl (C=O) groups is 4. The van der Waals surface area contributed by atoms with Crippen molar-refractivity contribution in [2.75, 3.05) is 7.11 Å². The second-order valence-corrected chi connectivity index (χ2v) is 12.0. The number of rotatable bonds is 9. The summed E-state index contributed by atoms with van der Waals surface area (Å²) in [5, 5.41) is 5.29. The molecule has 11 heteroatoms. The molecule has 0 fully saturated rings. The molecule has 0 radical (unpaired) electrons. The maximum atomic E-state index is 13.1. The topological polar surface area (TPSA) is 139 Å². The second kappa shape index (κ2) is 11.8. The standard InChI is InChI=1S/C28H33N3O7S/c1-18(32)29-22(15-19-9-7-6-8-10-19)26(34)30-23(27(35)38-5)16-20-11-13-21(14-12-20)24-17-25(33)31(28(2,3)4)39(24,36)37/h6-14,17,22-23H,15-16H2,1-5H3,(H,29,32)(H,30,34)/t22-,23-/m0/s1. The van der Waals surface area contributed by atoms with Gasteiger partial charge in [0.05, 0.1) is 12.6 Å². The molecule has 10 nitrogen and oxygen atoms in total. The highest BCUT2D eigenvalue weighted by Crippen LogP contribution is 2.35. The van der Waals surface area contributed by atoms with Gasteiger partial charge < -0.3 is 15.4 Å². The molecule has 1 aliphatic heterocycles. The van der Waals surface area contributed by atoms with Crippen LogP contribution in [0.1, 0.15) is 44.4 Å². The third-order valence-electron chi connectivity index (χ3n) is 6.04. The number of nitrogens with zero attached hydrogens (tertiary/aromatic N) is 1. The van der Waals surface area contributed by atoms with E-state index in [1.165, 1.54) is 14.0 Å². The van der Waals surface area contributed by atoms with Gasteiger partial charge in [0, 0.05) is 25.8 Å².